The standard InChI is InChI=1S/C12H14N2O5S/c1-20(17,18)6-2-5-13-12-14-9-4-3-8(11(15)16)7-10(9)19-12/h3-4,7H,2,5-6H2,1H3,(H,13,14)(H,15,16). The molecule has 0 unspecified atom stereocenters. The van der Waals surface area contributed by atoms with Crippen molar-refractivity contribution < 1.29 is 22.7 Å². The first-order valence-electron chi connectivity index (χ1n) is 5.91. The maximum atomic E-state index is 11.0. The van der Waals surface area contributed by atoms with Crippen molar-refractivity contribution in [2.24, 2.45) is 0 Å². The Balaban J connectivity index is 2.03. The molecule has 0 saturated heterocycles. The number of aromatic carboxylic acids is 1. The van der Waals surface area contributed by atoms with E-state index in [0.717, 1.165) is 0 Å². The summed E-state index contributed by atoms with van der Waals surface area (Å²) in [6.07, 6.45) is 1.62. The fourth-order valence-electron chi connectivity index (χ4n) is 1.66. The van der Waals surface area contributed by atoms with E-state index in [2.05, 4.69) is 10.3 Å². The summed E-state index contributed by atoms with van der Waals surface area (Å²) in [4.78, 5) is 14.9. The van der Waals surface area contributed by atoms with Gasteiger partial charge in [-0.25, -0.2) is 13.2 Å². The van der Waals surface area contributed by atoms with Gasteiger partial charge in [0.2, 0.25) is 0 Å². The molecular formula is C12H14N2O5S. The van der Waals surface area contributed by atoms with Crippen LogP contribution >= 0.6 is 0 Å². The molecule has 1 aromatic carbocycles. The number of aromatic nitrogens is 1. The van der Waals surface area contributed by atoms with Gasteiger partial charge in [-0.1, -0.05) is 0 Å². The molecule has 2 N–H and O–H groups in total. The molecule has 108 valence electrons. The van der Waals surface area contributed by atoms with Crippen LogP contribution in [-0.4, -0.2) is 43.0 Å². The quantitative estimate of drug-likeness (QED) is 0.775. The number of fused-ring (bicyclic) bond motifs is 1. The number of sulfone groups is 1. The van der Waals surface area contributed by atoms with Crippen molar-refractivity contribution in [2.45, 2.75) is 6.42 Å². The van der Waals surface area contributed by atoms with Gasteiger partial charge in [-0.05, 0) is 24.6 Å². The number of rotatable bonds is 6. The predicted molar refractivity (Wildman–Crippen MR) is 73.8 cm³/mol. The molecule has 7 nitrogen and oxygen atoms in total. The van der Waals surface area contributed by atoms with Crippen LogP contribution in [0.3, 0.4) is 0 Å². The highest BCUT2D eigenvalue weighted by atomic mass is 32.2. The Bertz CT molecular complexity index is 735. The second kappa shape index (κ2) is 5.49. The van der Waals surface area contributed by atoms with Crippen LogP contribution in [0, 0.1) is 0 Å². The normalized spacial score (nSPS) is 11.7. The Morgan fingerprint density at radius 1 is 1.45 bits per heavy atom. The minimum Gasteiger partial charge on any atom is -0.478 e. The number of hydrogen-bond acceptors (Lipinski definition) is 6. The van der Waals surface area contributed by atoms with E-state index in [-0.39, 0.29) is 17.3 Å². The molecule has 0 aliphatic heterocycles. The van der Waals surface area contributed by atoms with Crippen LogP contribution in [0.1, 0.15) is 16.8 Å². The Morgan fingerprint density at radius 3 is 2.85 bits per heavy atom. The van der Waals surface area contributed by atoms with E-state index in [1.165, 1.54) is 18.4 Å². The van der Waals surface area contributed by atoms with Gasteiger partial charge in [0.1, 0.15) is 15.4 Å². The smallest absolute Gasteiger partial charge is 0.335 e. The molecule has 0 saturated carbocycles. The summed E-state index contributed by atoms with van der Waals surface area (Å²) in [6, 6.07) is 4.65. The van der Waals surface area contributed by atoms with Crippen molar-refractivity contribution in [1.29, 1.82) is 0 Å². The Labute approximate surface area is 115 Å². The van der Waals surface area contributed by atoms with Gasteiger partial charge in [-0.3, -0.25) is 0 Å². The van der Waals surface area contributed by atoms with E-state index >= 15 is 0 Å². The van der Waals surface area contributed by atoms with Gasteiger partial charge in [0.05, 0.1) is 11.3 Å². The van der Waals surface area contributed by atoms with E-state index < -0.39 is 15.8 Å². The Morgan fingerprint density at radius 2 is 2.20 bits per heavy atom. The third kappa shape index (κ3) is 3.70. The van der Waals surface area contributed by atoms with Crippen LogP contribution in [0.15, 0.2) is 22.6 Å². The molecule has 0 aliphatic rings. The summed E-state index contributed by atoms with van der Waals surface area (Å²) in [5.74, 6) is -0.949. The Kier molecular flexibility index (Phi) is 3.93. The third-order valence-electron chi connectivity index (χ3n) is 2.60. The minimum absolute atomic E-state index is 0.0867. The number of carboxylic acids is 1. The molecule has 0 amide bonds. The third-order valence-corrected chi connectivity index (χ3v) is 3.63. The monoisotopic (exact) mass is 298 g/mol. The lowest BCUT2D eigenvalue weighted by molar-refractivity contribution is 0.0697. The molecule has 0 aliphatic carbocycles. The molecule has 2 aromatic rings. The molecule has 20 heavy (non-hydrogen) atoms. The number of benzene rings is 1. The number of hydrogen-bond donors (Lipinski definition) is 2. The number of carboxylic acid groups (broad SMARTS) is 1. The topological polar surface area (TPSA) is 110 Å². The predicted octanol–water partition coefficient (Wildman–Crippen LogP) is 1.37. The molecule has 0 spiro atoms. The molecule has 1 heterocycles. The lowest BCUT2D eigenvalue weighted by Gasteiger charge is -1.99. The van der Waals surface area contributed by atoms with Gasteiger partial charge in [0.25, 0.3) is 6.01 Å². The van der Waals surface area contributed by atoms with Crippen molar-refractivity contribution in [3.05, 3.63) is 23.8 Å². The number of nitrogens with zero attached hydrogens (tertiary/aromatic N) is 1. The van der Waals surface area contributed by atoms with Crippen molar-refractivity contribution >= 4 is 32.9 Å². The summed E-state index contributed by atoms with van der Waals surface area (Å²) in [7, 11) is -2.97. The average Bonchev–Trinajstić information content (AvgIpc) is 2.75. The van der Waals surface area contributed by atoms with E-state index in [4.69, 9.17) is 9.52 Å². The van der Waals surface area contributed by atoms with E-state index in [9.17, 15) is 13.2 Å². The van der Waals surface area contributed by atoms with E-state index in [1.807, 2.05) is 0 Å². The van der Waals surface area contributed by atoms with E-state index in [0.29, 0.717) is 24.1 Å². The SMILES string of the molecule is CS(=O)(=O)CCCNc1nc2ccc(C(=O)O)cc2o1. The number of nitrogens with one attached hydrogen (secondary N) is 1. The van der Waals surface area contributed by atoms with Crippen LogP contribution < -0.4 is 5.32 Å². The van der Waals surface area contributed by atoms with Crippen molar-refractivity contribution in [1.82, 2.24) is 4.98 Å². The van der Waals surface area contributed by atoms with Crippen molar-refractivity contribution in [3.8, 4) is 0 Å². The molecule has 2 rings (SSSR count). The zero-order valence-corrected chi connectivity index (χ0v) is 11.6. The molecule has 0 atom stereocenters. The highest BCUT2D eigenvalue weighted by Crippen LogP contribution is 2.20. The second-order valence-electron chi connectivity index (χ2n) is 4.42. The first-order valence-corrected chi connectivity index (χ1v) is 7.97. The largest absolute Gasteiger partial charge is 0.478 e. The van der Waals surface area contributed by atoms with Gasteiger partial charge in [0.15, 0.2) is 5.58 Å². The summed E-state index contributed by atoms with van der Waals surface area (Å²) >= 11 is 0. The number of oxazole rings is 1. The fourth-order valence-corrected chi connectivity index (χ4v) is 2.33. The van der Waals surface area contributed by atoms with Gasteiger partial charge in [-0.2, -0.15) is 4.98 Å². The second-order valence-corrected chi connectivity index (χ2v) is 6.68. The highest BCUT2D eigenvalue weighted by Gasteiger charge is 2.09. The van der Waals surface area contributed by atoms with Crippen LogP contribution in [0.5, 0.6) is 0 Å². The zero-order valence-electron chi connectivity index (χ0n) is 10.8. The minimum atomic E-state index is -2.97. The number of carbonyl (C=O) groups is 1. The van der Waals surface area contributed by atoms with Gasteiger partial charge < -0.3 is 14.8 Å². The molecule has 0 fully saturated rings. The first kappa shape index (κ1) is 14.3. The summed E-state index contributed by atoms with van der Waals surface area (Å²) in [6.45, 7) is 0.408. The van der Waals surface area contributed by atoms with Crippen molar-refractivity contribution in [3.63, 3.8) is 0 Å². The molecule has 1 aromatic heterocycles. The molecule has 8 heteroatoms. The first-order chi connectivity index (χ1) is 9.35. The summed E-state index contributed by atoms with van der Waals surface area (Å²) in [5, 5.41) is 11.7. The van der Waals surface area contributed by atoms with E-state index in [1.54, 1.807) is 6.07 Å². The zero-order chi connectivity index (χ0) is 14.8. The van der Waals surface area contributed by atoms with Crippen LogP contribution in [0.4, 0.5) is 6.01 Å². The molecular weight excluding hydrogens is 284 g/mol. The number of anilines is 1. The average molecular weight is 298 g/mol. The van der Waals surface area contributed by atoms with Gasteiger partial charge in [-0.15, -0.1) is 0 Å². The van der Waals surface area contributed by atoms with Crippen molar-refractivity contribution in [2.75, 3.05) is 23.9 Å². The summed E-state index contributed by atoms with van der Waals surface area (Å²) in [5.41, 5.74) is 1.04. The molecule has 0 bridgehead atoms. The molecule has 0 radical (unpaired) electrons. The van der Waals surface area contributed by atoms with Gasteiger partial charge in [0, 0.05) is 12.8 Å². The van der Waals surface area contributed by atoms with Crippen LogP contribution in [-0.2, 0) is 9.84 Å². The highest BCUT2D eigenvalue weighted by molar-refractivity contribution is 7.90. The van der Waals surface area contributed by atoms with Crippen LogP contribution in [0.25, 0.3) is 11.1 Å². The summed E-state index contributed by atoms with van der Waals surface area (Å²) < 4.78 is 27.3. The van der Waals surface area contributed by atoms with Gasteiger partial charge >= 0.3 is 5.97 Å². The lowest BCUT2D eigenvalue weighted by atomic mass is 10.2. The lowest BCUT2D eigenvalue weighted by Crippen LogP contribution is -2.09. The fraction of sp³-hybridized carbons (Fsp3) is 0.333. The maximum absolute atomic E-state index is 11.0. The maximum Gasteiger partial charge on any atom is 0.335 e. The Hall–Kier alpha value is -2.09. The van der Waals surface area contributed by atoms with Crippen LogP contribution in [0.2, 0.25) is 0 Å².